The van der Waals surface area contributed by atoms with Crippen molar-refractivity contribution >= 4 is 92.6 Å². The third-order valence-electron chi connectivity index (χ3n) is 7.37. The van der Waals surface area contributed by atoms with Crippen LogP contribution in [-0.2, 0) is 30.4 Å². The van der Waals surface area contributed by atoms with Gasteiger partial charge in [-0.1, -0.05) is 6.07 Å². The van der Waals surface area contributed by atoms with Crippen molar-refractivity contribution in [3.63, 3.8) is 0 Å². The topological polar surface area (TPSA) is 372 Å². The molecule has 0 radical (unpaired) electrons. The molecule has 0 saturated carbocycles. The molecule has 0 unspecified atom stereocenters. The maximum absolute atomic E-state index is 12.4. The number of nitrogen functional groups attached to an aromatic ring is 1. The van der Waals surface area contributed by atoms with Crippen LogP contribution in [0, 0.1) is 17.0 Å². The quantitative estimate of drug-likeness (QED) is 0.0297. The maximum Gasteiger partial charge on any atom is 1.00 e. The summed E-state index contributed by atoms with van der Waals surface area (Å²) in [6.07, 6.45) is 0. The van der Waals surface area contributed by atoms with Gasteiger partial charge < -0.3 is 29.6 Å². The number of carbonyl (C=O) groups is 1. The number of anilines is 1. The Labute approximate surface area is 393 Å². The van der Waals surface area contributed by atoms with Gasteiger partial charge in [-0.3, -0.25) is 10.1 Å². The molecular weight excluding hydrogens is 862 g/mol. The van der Waals surface area contributed by atoms with Gasteiger partial charge in [-0.2, -0.15) is 15.3 Å². The van der Waals surface area contributed by atoms with Crippen LogP contribution in [0.5, 0.6) is 5.75 Å². The van der Waals surface area contributed by atoms with E-state index in [2.05, 4.69) is 30.7 Å². The van der Waals surface area contributed by atoms with E-state index in [1.54, 1.807) is 6.92 Å². The first-order valence-corrected chi connectivity index (χ1v) is 18.8. The largest absolute Gasteiger partial charge is 1.00 e. The molecule has 22 nitrogen and oxygen atoms in total. The van der Waals surface area contributed by atoms with E-state index in [1.807, 2.05) is 0 Å². The first-order valence-electron chi connectivity index (χ1n) is 14.5. The molecule has 28 heteroatoms. The fourth-order valence-corrected chi connectivity index (χ4v) is 6.63. The van der Waals surface area contributed by atoms with Gasteiger partial charge in [-0.15, -0.1) is 15.3 Å². The van der Waals surface area contributed by atoms with Crippen LogP contribution in [0.3, 0.4) is 0 Å². The molecule has 0 fully saturated rings. The minimum absolute atomic E-state index is 0. The molecule has 0 aliphatic rings. The summed E-state index contributed by atoms with van der Waals surface area (Å²) in [6.45, 7) is 1.61. The van der Waals surface area contributed by atoms with Gasteiger partial charge in [-0.25, -0.2) is 30.0 Å². The Balaban J connectivity index is 0.00000387. The number of hydrogen-bond donors (Lipinski definition) is 3. The second-order valence-corrected chi connectivity index (χ2v) is 15.1. The minimum Gasteiger partial charge on any atom is -0.744 e. The summed E-state index contributed by atoms with van der Waals surface area (Å²) in [4.78, 5) is 17.9. The standard InChI is InChI=1S/C30H22N8O14S3.3Na/c1-14-9-17(5-7-20(14)34-32-16-4-2-3-15(10-16)30(40)41)33-36-22-13-24(54(47,48)49)19-12-25(55(50,51)52)28(29(39)26(19)27(22)31)37-35-21-8-6-18(53(44,45)46)11-23(21)38(42)43;;;/h2-13,39H,31H2,1H3,(H,40,41)(H,44,45,46)(H,47,48,49)(H,50,51,52);;;/q;3*+1/p-3. The molecule has 0 spiro atoms. The van der Waals surface area contributed by atoms with Crippen LogP contribution in [0.2, 0.25) is 0 Å². The van der Waals surface area contributed by atoms with Crippen LogP contribution in [0.15, 0.2) is 118 Å². The number of carboxylic acid groups (broad SMARTS) is 1. The third-order valence-corrected chi connectivity index (χ3v) is 9.92. The zero-order chi connectivity index (χ0) is 40.6. The summed E-state index contributed by atoms with van der Waals surface area (Å²) >= 11 is 0. The number of nitro groups is 1. The second-order valence-electron chi connectivity index (χ2n) is 11.0. The number of nitro benzene ring substituents is 1. The molecule has 0 aliphatic heterocycles. The molecule has 0 aliphatic carbocycles. The number of aromatic hydroxyl groups is 1. The van der Waals surface area contributed by atoms with Crippen LogP contribution in [0.25, 0.3) is 10.8 Å². The maximum atomic E-state index is 12.4. The van der Waals surface area contributed by atoms with E-state index in [0.717, 1.165) is 0 Å². The number of rotatable bonds is 11. The molecule has 0 heterocycles. The second kappa shape index (κ2) is 19.6. The van der Waals surface area contributed by atoms with Gasteiger partial charge in [0.05, 0.1) is 53.3 Å². The Hall–Kier alpha value is -3.64. The van der Waals surface area contributed by atoms with E-state index in [4.69, 9.17) is 10.8 Å². The van der Waals surface area contributed by atoms with Crippen molar-refractivity contribution in [1.82, 2.24) is 0 Å². The number of phenolic OH excluding ortho intramolecular Hbond substituents is 1. The fourth-order valence-electron chi connectivity index (χ4n) is 4.82. The van der Waals surface area contributed by atoms with Gasteiger partial charge in [0.1, 0.15) is 41.7 Å². The van der Waals surface area contributed by atoms with Crippen LogP contribution in [0.4, 0.5) is 45.5 Å². The monoisotopic (exact) mass is 880 g/mol. The smallest absolute Gasteiger partial charge is 0.744 e. The van der Waals surface area contributed by atoms with Crippen molar-refractivity contribution in [3.8, 4) is 5.75 Å². The molecule has 0 bridgehead atoms. The summed E-state index contributed by atoms with van der Waals surface area (Å²) in [7, 11) is -16.4. The zero-order valence-electron chi connectivity index (χ0n) is 30.2. The molecule has 4 N–H and O–H groups in total. The molecule has 5 rings (SSSR count). The number of nitrogens with two attached hydrogens (primary N) is 1. The molecule has 58 heavy (non-hydrogen) atoms. The van der Waals surface area contributed by atoms with Crippen molar-refractivity contribution < 1.29 is 148 Å². The summed E-state index contributed by atoms with van der Waals surface area (Å²) in [6, 6.07) is 12.5. The summed E-state index contributed by atoms with van der Waals surface area (Å²) in [5.41, 5.74) is 3.00. The number of phenols is 1. The Morgan fingerprint density at radius 2 is 1.26 bits per heavy atom. The van der Waals surface area contributed by atoms with E-state index >= 15 is 0 Å². The van der Waals surface area contributed by atoms with Gasteiger partial charge in [0.2, 0.25) is 0 Å². The molecular formula is C30H19N8Na3O14S3. The van der Waals surface area contributed by atoms with Crippen LogP contribution in [0.1, 0.15) is 15.9 Å². The van der Waals surface area contributed by atoms with Gasteiger partial charge >= 0.3 is 94.6 Å². The molecule has 284 valence electrons. The van der Waals surface area contributed by atoms with Crippen molar-refractivity contribution in [2.24, 2.45) is 30.7 Å². The normalized spacial score (nSPS) is 12.0. The fraction of sp³-hybridized carbons (Fsp3) is 0.0333. The number of carboxylic acids is 1. The molecule has 5 aromatic rings. The Kier molecular flexibility index (Phi) is 17.1. The van der Waals surface area contributed by atoms with Crippen molar-refractivity contribution in [2.75, 3.05) is 5.73 Å². The van der Waals surface area contributed by atoms with E-state index in [-0.39, 0.29) is 106 Å². The van der Waals surface area contributed by atoms with Crippen LogP contribution >= 0.6 is 0 Å². The number of aromatic carboxylic acids is 1. The van der Waals surface area contributed by atoms with Crippen LogP contribution in [-0.4, -0.2) is 60.0 Å². The van der Waals surface area contributed by atoms with E-state index in [9.17, 15) is 58.9 Å². The minimum atomic E-state index is -5.70. The predicted octanol–water partition coefficient (Wildman–Crippen LogP) is -2.99. The molecule has 0 amide bonds. The number of nitrogens with zero attached hydrogens (tertiary/aromatic N) is 7. The number of benzene rings is 5. The van der Waals surface area contributed by atoms with Gasteiger partial charge in [0, 0.05) is 11.5 Å². The SMILES string of the molecule is Cc1cc(N=Nc2cc(S(=O)(=O)[O-])c3cc(S(=O)(=O)[O-])c(N=Nc4ccc(S(=O)(=O)[O-])cc4[N+](=O)[O-])c(O)c3c2N)ccc1N=Nc1cccc(C(=O)O)c1.[Na+].[Na+].[Na+]. The molecule has 0 aromatic heterocycles. The Bertz CT molecular complexity index is 2920. The zero-order valence-corrected chi connectivity index (χ0v) is 38.6. The average Bonchev–Trinajstić information content (AvgIpc) is 3.08. The Morgan fingerprint density at radius 3 is 1.81 bits per heavy atom. The number of hydrogen-bond acceptors (Lipinski definition) is 20. The third kappa shape index (κ3) is 11.5. The number of azo groups is 3. The molecule has 5 aromatic carbocycles. The van der Waals surface area contributed by atoms with Crippen LogP contribution < -0.4 is 94.4 Å². The average molecular weight is 881 g/mol. The summed E-state index contributed by atoms with van der Waals surface area (Å²) < 4.78 is 108. The van der Waals surface area contributed by atoms with E-state index < -0.39 is 101 Å². The van der Waals surface area contributed by atoms with E-state index in [1.165, 1.54) is 42.5 Å². The Morgan fingerprint density at radius 1 is 0.690 bits per heavy atom. The molecule has 0 saturated heterocycles. The summed E-state index contributed by atoms with van der Waals surface area (Å²) in [5.74, 6) is -2.51. The molecule has 0 atom stereocenters. The van der Waals surface area contributed by atoms with Crippen molar-refractivity contribution in [2.45, 2.75) is 21.6 Å². The number of aryl methyl sites for hydroxylation is 1. The first kappa shape index (κ1) is 50.5. The first-order chi connectivity index (χ1) is 25.6. The van der Waals surface area contributed by atoms with Gasteiger partial charge in [-0.05, 0) is 73.2 Å². The van der Waals surface area contributed by atoms with Crippen molar-refractivity contribution in [3.05, 3.63) is 94.0 Å². The summed E-state index contributed by atoms with van der Waals surface area (Å²) in [5, 5.41) is 53.1. The van der Waals surface area contributed by atoms with Gasteiger partial charge in [0.25, 0.3) is 5.69 Å². The van der Waals surface area contributed by atoms with E-state index in [0.29, 0.717) is 41.6 Å². The van der Waals surface area contributed by atoms with Crippen molar-refractivity contribution in [1.29, 1.82) is 0 Å². The number of fused-ring (bicyclic) bond motifs is 1. The predicted molar refractivity (Wildman–Crippen MR) is 184 cm³/mol. The van der Waals surface area contributed by atoms with Gasteiger partial charge in [0.15, 0.2) is 11.4 Å².